The van der Waals surface area contributed by atoms with Crippen LogP contribution < -0.4 is 10.6 Å². The van der Waals surface area contributed by atoms with Gasteiger partial charge in [0.15, 0.2) is 0 Å². The van der Waals surface area contributed by atoms with Crippen LogP contribution in [0.25, 0.3) is 0 Å². The third kappa shape index (κ3) is 5.15. The van der Waals surface area contributed by atoms with Gasteiger partial charge in [-0.1, -0.05) is 17.7 Å². The number of non-ortho nitro benzene ring substituents is 1. The van der Waals surface area contributed by atoms with Gasteiger partial charge in [0.25, 0.3) is 5.69 Å². The molecule has 0 aromatic heterocycles. The number of amides is 1. The van der Waals surface area contributed by atoms with Crippen molar-refractivity contribution in [1.29, 1.82) is 0 Å². The van der Waals surface area contributed by atoms with Crippen LogP contribution in [0.3, 0.4) is 0 Å². The Morgan fingerprint density at radius 2 is 2.29 bits per heavy atom. The smallest absolute Gasteiger partial charge is 0.270 e. The van der Waals surface area contributed by atoms with Gasteiger partial charge in [-0.2, -0.15) is 0 Å². The molecule has 1 unspecified atom stereocenters. The first kappa shape index (κ1) is 17.7. The number of hydrogen-bond acceptors (Lipinski definition) is 4. The Morgan fingerprint density at radius 3 is 2.86 bits per heavy atom. The maximum Gasteiger partial charge on any atom is 0.270 e. The van der Waals surface area contributed by atoms with Crippen LogP contribution in [0.4, 0.5) is 5.69 Å². The van der Waals surface area contributed by atoms with Gasteiger partial charge in [0, 0.05) is 24.7 Å². The number of nitro groups is 1. The van der Waals surface area contributed by atoms with E-state index in [0.717, 1.165) is 19.4 Å². The van der Waals surface area contributed by atoms with E-state index in [-0.39, 0.29) is 35.4 Å². The number of nitrogens with one attached hydrogen (secondary N) is 2. The highest BCUT2D eigenvalue weighted by atomic mass is 35.5. The molecule has 6 nitrogen and oxygen atoms in total. The Morgan fingerprint density at radius 1 is 1.52 bits per heavy atom. The summed E-state index contributed by atoms with van der Waals surface area (Å²) in [6.07, 6.45) is 2.33. The summed E-state index contributed by atoms with van der Waals surface area (Å²) in [7, 11) is 0. The first-order chi connectivity index (χ1) is 9.56. The molecule has 0 aliphatic carbocycles. The Bertz CT molecular complexity index is 519. The monoisotopic (exact) mass is 333 g/mol. The van der Waals surface area contributed by atoms with Crippen LogP contribution in [0.5, 0.6) is 0 Å². The summed E-state index contributed by atoms with van der Waals surface area (Å²) in [5.74, 6) is -0.130. The van der Waals surface area contributed by atoms with Crippen LogP contribution >= 0.6 is 24.0 Å². The van der Waals surface area contributed by atoms with Crippen LogP contribution in [0.1, 0.15) is 18.4 Å². The fourth-order valence-corrected chi connectivity index (χ4v) is 2.44. The number of hydrogen-bond donors (Lipinski definition) is 2. The molecule has 1 aromatic carbocycles. The van der Waals surface area contributed by atoms with Crippen molar-refractivity contribution < 1.29 is 9.72 Å². The van der Waals surface area contributed by atoms with Gasteiger partial charge in [0.1, 0.15) is 0 Å². The summed E-state index contributed by atoms with van der Waals surface area (Å²) in [5.41, 5.74) is 0.517. The summed E-state index contributed by atoms with van der Waals surface area (Å²) >= 11 is 5.95. The number of carbonyl (C=O) groups is 1. The highest BCUT2D eigenvalue weighted by Gasteiger charge is 2.16. The van der Waals surface area contributed by atoms with Crippen molar-refractivity contribution in [3.63, 3.8) is 0 Å². The molecule has 1 fully saturated rings. The van der Waals surface area contributed by atoms with Crippen molar-refractivity contribution in [2.75, 3.05) is 13.1 Å². The molecule has 0 spiro atoms. The molecule has 1 aromatic rings. The van der Waals surface area contributed by atoms with Crippen LogP contribution in [0, 0.1) is 10.1 Å². The molecule has 1 heterocycles. The van der Waals surface area contributed by atoms with Gasteiger partial charge in [0.2, 0.25) is 5.91 Å². The molecule has 1 amide bonds. The standard InChI is InChI=1S/C13H16ClN3O3.ClH/c14-12-7-11(17(19)20)4-3-9(12)6-13(18)16-8-10-2-1-5-15-10;/h3-4,7,10,15H,1-2,5-6,8H2,(H,16,18);1H. The SMILES string of the molecule is Cl.O=C(Cc1ccc([N+](=O)[O-])cc1Cl)NCC1CCCN1. The number of halogens is 2. The lowest BCUT2D eigenvalue weighted by Gasteiger charge is -2.11. The van der Waals surface area contributed by atoms with Gasteiger partial charge >= 0.3 is 0 Å². The molecule has 8 heteroatoms. The second-order valence-electron chi connectivity index (χ2n) is 4.81. The van der Waals surface area contributed by atoms with Gasteiger partial charge in [-0.3, -0.25) is 14.9 Å². The van der Waals surface area contributed by atoms with Gasteiger partial charge in [-0.25, -0.2) is 0 Å². The minimum absolute atomic E-state index is 0. The predicted octanol–water partition coefficient (Wildman–Crippen LogP) is 2.08. The maximum absolute atomic E-state index is 11.8. The Balaban J connectivity index is 0.00000220. The van der Waals surface area contributed by atoms with Crippen molar-refractivity contribution in [2.24, 2.45) is 0 Å². The van der Waals surface area contributed by atoms with Crippen molar-refractivity contribution in [3.05, 3.63) is 38.9 Å². The van der Waals surface area contributed by atoms with E-state index in [4.69, 9.17) is 11.6 Å². The molecule has 1 aliphatic heterocycles. The molecule has 1 aliphatic rings. The lowest BCUT2D eigenvalue weighted by Crippen LogP contribution is -2.37. The summed E-state index contributed by atoms with van der Waals surface area (Å²) in [4.78, 5) is 21.9. The normalized spacial score (nSPS) is 17.1. The van der Waals surface area contributed by atoms with E-state index in [9.17, 15) is 14.9 Å². The second kappa shape index (κ2) is 8.17. The number of benzene rings is 1. The molecule has 2 rings (SSSR count). The van der Waals surface area contributed by atoms with Crippen molar-refractivity contribution in [1.82, 2.24) is 10.6 Å². The minimum atomic E-state index is -0.512. The summed E-state index contributed by atoms with van der Waals surface area (Å²) in [5, 5.41) is 17.0. The van der Waals surface area contributed by atoms with E-state index in [1.807, 2.05) is 0 Å². The van der Waals surface area contributed by atoms with Gasteiger partial charge in [-0.05, 0) is 24.9 Å². The number of nitro benzene ring substituents is 1. The van der Waals surface area contributed by atoms with Gasteiger partial charge in [-0.15, -0.1) is 12.4 Å². The number of carbonyl (C=O) groups excluding carboxylic acids is 1. The average Bonchev–Trinajstić information content (AvgIpc) is 2.91. The van der Waals surface area contributed by atoms with E-state index in [2.05, 4.69) is 10.6 Å². The van der Waals surface area contributed by atoms with Crippen molar-refractivity contribution in [3.8, 4) is 0 Å². The number of nitrogens with zero attached hydrogens (tertiary/aromatic N) is 1. The zero-order valence-corrected chi connectivity index (χ0v) is 12.9. The van der Waals surface area contributed by atoms with Crippen LogP contribution in [-0.4, -0.2) is 30.0 Å². The summed E-state index contributed by atoms with van der Waals surface area (Å²) in [6.45, 7) is 1.60. The van der Waals surface area contributed by atoms with E-state index < -0.39 is 4.92 Å². The lowest BCUT2D eigenvalue weighted by atomic mass is 10.1. The molecule has 0 radical (unpaired) electrons. The molecule has 0 saturated carbocycles. The third-order valence-electron chi connectivity index (χ3n) is 3.31. The van der Waals surface area contributed by atoms with Crippen molar-refractivity contribution >= 4 is 35.6 Å². The fourth-order valence-electron chi connectivity index (χ4n) is 2.20. The highest BCUT2D eigenvalue weighted by Crippen LogP contribution is 2.22. The summed E-state index contributed by atoms with van der Waals surface area (Å²) in [6, 6.07) is 4.48. The lowest BCUT2D eigenvalue weighted by molar-refractivity contribution is -0.384. The molecule has 2 N–H and O–H groups in total. The topological polar surface area (TPSA) is 84.3 Å². The maximum atomic E-state index is 11.8. The Kier molecular flexibility index (Phi) is 6.87. The third-order valence-corrected chi connectivity index (χ3v) is 3.66. The molecule has 1 atom stereocenters. The van der Waals surface area contributed by atoms with Gasteiger partial charge < -0.3 is 10.6 Å². The first-order valence-electron chi connectivity index (χ1n) is 6.49. The van der Waals surface area contributed by atoms with Gasteiger partial charge in [0.05, 0.1) is 16.4 Å². The molecule has 116 valence electrons. The Hall–Kier alpha value is -1.37. The largest absolute Gasteiger partial charge is 0.354 e. The first-order valence-corrected chi connectivity index (χ1v) is 6.87. The van der Waals surface area contributed by atoms with Crippen LogP contribution in [0.15, 0.2) is 18.2 Å². The van der Waals surface area contributed by atoms with Crippen LogP contribution in [-0.2, 0) is 11.2 Å². The highest BCUT2D eigenvalue weighted by molar-refractivity contribution is 6.31. The Labute approximate surface area is 133 Å². The molecule has 0 bridgehead atoms. The fraction of sp³-hybridized carbons (Fsp3) is 0.462. The zero-order valence-electron chi connectivity index (χ0n) is 11.3. The average molecular weight is 334 g/mol. The predicted molar refractivity (Wildman–Crippen MR) is 83.1 cm³/mol. The van der Waals surface area contributed by atoms with Crippen molar-refractivity contribution in [2.45, 2.75) is 25.3 Å². The van der Waals surface area contributed by atoms with Crippen LogP contribution in [0.2, 0.25) is 5.02 Å². The summed E-state index contributed by atoms with van der Waals surface area (Å²) < 4.78 is 0. The molecule has 1 saturated heterocycles. The van der Waals surface area contributed by atoms with E-state index in [1.165, 1.54) is 18.2 Å². The second-order valence-corrected chi connectivity index (χ2v) is 5.21. The quantitative estimate of drug-likeness (QED) is 0.638. The molecule has 21 heavy (non-hydrogen) atoms. The number of rotatable bonds is 5. The zero-order chi connectivity index (χ0) is 14.5. The molecular formula is C13H17Cl2N3O3. The van der Waals surface area contributed by atoms with E-state index in [0.29, 0.717) is 18.2 Å². The minimum Gasteiger partial charge on any atom is -0.354 e. The van der Waals surface area contributed by atoms with E-state index in [1.54, 1.807) is 0 Å². The molecular weight excluding hydrogens is 317 g/mol. The van der Waals surface area contributed by atoms with E-state index >= 15 is 0 Å².